The van der Waals surface area contributed by atoms with E-state index in [0.717, 1.165) is 5.56 Å². The minimum atomic E-state index is -3.56. The summed E-state index contributed by atoms with van der Waals surface area (Å²) in [4.78, 5) is 0.283. The van der Waals surface area contributed by atoms with Crippen molar-refractivity contribution in [3.8, 4) is 0 Å². The van der Waals surface area contributed by atoms with E-state index >= 15 is 0 Å². The predicted molar refractivity (Wildman–Crippen MR) is 73.1 cm³/mol. The minimum Gasteiger partial charge on any atom is -0.472 e. The monoisotopic (exact) mass is 280 g/mol. The molecule has 2 aromatic rings. The Morgan fingerprint density at radius 1 is 1.26 bits per heavy atom. The van der Waals surface area contributed by atoms with Crippen molar-refractivity contribution in [2.24, 2.45) is 0 Å². The molecule has 1 aromatic carbocycles. The number of furan rings is 1. The molecule has 19 heavy (non-hydrogen) atoms. The van der Waals surface area contributed by atoms with Gasteiger partial charge in [-0.2, -0.15) is 0 Å². The van der Waals surface area contributed by atoms with E-state index in [1.807, 2.05) is 0 Å². The van der Waals surface area contributed by atoms with Crippen LogP contribution < -0.4 is 10.5 Å². The topological polar surface area (TPSA) is 85.3 Å². The third kappa shape index (κ3) is 2.97. The minimum absolute atomic E-state index is 0.197. The second kappa shape index (κ2) is 5.07. The van der Waals surface area contributed by atoms with Crippen LogP contribution in [0.1, 0.15) is 16.7 Å². The summed E-state index contributed by atoms with van der Waals surface area (Å²) in [7, 11) is -3.56. The molecule has 1 heterocycles. The largest absolute Gasteiger partial charge is 0.472 e. The van der Waals surface area contributed by atoms with Crippen LogP contribution in [0.5, 0.6) is 0 Å². The van der Waals surface area contributed by atoms with Gasteiger partial charge in [-0.15, -0.1) is 0 Å². The first-order valence-corrected chi connectivity index (χ1v) is 7.26. The van der Waals surface area contributed by atoms with Gasteiger partial charge in [0.05, 0.1) is 17.4 Å². The maximum atomic E-state index is 12.3. The van der Waals surface area contributed by atoms with E-state index in [-0.39, 0.29) is 11.4 Å². The van der Waals surface area contributed by atoms with Crippen molar-refractivity contribution in [2.75, 3.05) is 5.73 Å². The molecule has 5 nitrogen and oxygen atoms in total. The van der Waals surface area contributed by atoms with Gasteiger partial charge in [-0.3, -0.25) is 0 Å². The lowest BCUT2D eigenvalue weighted by molar-refractivity contribution is 0.561. The molecule has 0 aliphatic rings. The number of aryl methyl sites for hydroxylation is 2. The Balaban J connectivity index is 2.29. The van der Waals surface area contributed by atoms with Crippen molar-refractivity contribution in [1.29, 1.82) is 0 Å². The molecule has 0 spiro atoms. The van der Waals surface area contributed by atoms with Crippen LogP contribution >= 0.6 is 0 Å². The van der Waals surface area contributed by atoms with Gasteiger partial charge in [-0.25, -0.2) is 13.1 Å². The van der Waals surface area contributed by atoms with Gasteiger partial charge >= 0.3 is 0 Å². The third-order valence-electron chi connectivity index (χ3n) is 2.80. The molecule has 6 heteroatoms. The molecular weight excluding hydrogens is 264 g/mol. The van der Waals surface area contributed by atoms with Gasteiger partial charge in [0.1, 0.15) is 0 Å². The van der Waals surface area contributed by atoms with Gasteiger partial charge in [-0.1, -0.05) is 0 Å². The van der Waals surface area contributed by atoms with Gasteiger partial charge < -0.3 is 10.2 Å². The summed E-state index contributed by atoms with van der Waals surface area (Å²) in [5.41, 5.74) is 8.30. The zero-order chi connectivity index (χ0) is 14.0. The van der Waals surface area contributed by atoms with E-state index in [4.69, 9.17) is 10.2 Å². The van der Waals surface area contributed by atoms with Crippen LogP contribution in [-0.4, -0.2) is 8.42 Å². The smallest absolute Gasteiger partial charge is 0.241 e. The van der Waals surface area contributed by atoms with Crippen molar-refractivity contribution in [3.63, 3.8) is 0 Å². The highest BCUT2D eigenvalue weighted by atomic mass is 32.2. The first-order chi connectivity index (χ1) is 8.90. The number of sulfonamides is 1. The third-order valence-corrected chi connectivity index (χ3v) is 4.50. The molecule has 0 bridgehead atoms. The molecule has 0 aliphatic carbocycles. The highest BCUT2D eigenvalue weighted by molar-refractivity contribution is 7.89. The number of hydrogen-bond donors (Lipinski definition) is 2. The lowest BCUT2D eigenvalue weighted by Crippen LogP contribution is -2.24. The normalized spacial score (nSPS) is 11.7. The van der Waals surface area contributed by atoms with E-state index < -0.39 is 10.0 Å². The number of benzene rings is 1. The first-order valence-electron chi connectivity index (χ1n) is 5.77. The Morgan fingerprint density at radius 2 is 1.89 bits per heavy atom. The first kappa shape index (κ1) is 13.6. The fraction of sp³-hybridized carbons (Fsp3) is 0.231. The molecule has 3 N–H and O–H groups in total. The van der Waals surface area contributed by atoms with E-state index in [1.165, 1.54) is 12.5 Å². The van der Waals surface area contributed by atoms with E-state index in [1.54, 1.807) is 32.0 Å². The Morgan fingerprint density at radius 3 is 2.42 bits per heavy atom. The van der Waals surface area contributed by atoms with E-state index in [9.17, 15) is 8.42 Å². The Kier molecular flexibility index (Phi) is 3.64. The molecule has 102 valence electrons. The number of hydrogen-bond acceptors (Lipinski definition) is 4. The van der Waals surface area contributed by atoms with Gasteiger partial charge in [-0.05, 0) is 43.2 Å². The van der Waals surface area contributed by atoms with Crippen molar-refractivity contribution in [2.45, 2.75) is 25.3 Å². The highest BCUT2D eigenvalue weighted by Crippen LogP contribution is 2.23. The molecule has 2 rings (SSSR count). The number of nitrogens with one attached hydrogen (secondary N) is 1. The van der Waals surface area contributed by atoms with Crippen LogP contribution in [-0.2, 0) is 16.6 Å². The fourth-order valence-electron chi connectivity index (χ4n) is 2.05. The summed E-state index contributed by atoms with van der Waals surface area (Å²) < 4.78 is 32.0. The molecule has 0 radical (unpaired) electrons. The Bertz CT molecular complexity index is 653. The number of nitrogen functional groups attached to an aromatic ring is 1. The molecule has 0 aliphatic heterocycles. The van der Waals surface area contributed by atoms with Crippen LogP contribution in [0.3, 0.4) is 0 Å². The van der Waals surface area contributed by atoms with Crippen molar-refractivity contribution >= 4 is 15.7 Å². The maximum Gasteiger partial charge on any atom is 0.241 e. The molecular formula is C13H16N2O3S. The molecule has 1 aromatic heterocycles. The van der Waals surface area contributed by atoms with Crippen LogP contribution in [0.2, 0.25) is 0 Å². The summed E-state index contributed by atoms with van der Waals surface area (Å²) in [6.07, 6.45) is 3.01. The van der Waals surface area contributed by atoms with Gasteiger partial charge in [0, 0.05) is 17.8 Å². The summed E-state index contributed by atoms with van der Waals surface area (Å²) in [6.45, 7) is 3.66. The number of anilines is 1. The van der Waals surface area contributed by atoms with Crippen LogP contribution in [0, 0.1) is 13.8 Å². The summed E-state index contributed by atoms with van der Waals surface area (Å²) in [6, 6.07) is 5.02. The second-order valence-electron chi connectivity index (χ2n) is 4.44. The van der Waals surface area contributed by atoms with E-state index in [0.29, 0.717) is 16.8 Å². The number of rotatable bonds is 4. The molecule has 0 saturated carbocycles. The van der Waals surface area contributed by atoms with Gasteiger partial charge in [0.2, 0.25) is 10.0 Å². The second-order valence-corrected chi connectivity index (χ2v) is 6.14. The number of nitrogens with two attached hydrogens (primary N) is 1. The molecule has 0 saturated heterocycles. The predicted octanol–water partition coefficient (Wildman–Crippen LogP) is 1.96. The van der Waals surface area contributed by atoms with Crippen LogP contribution in [0.25, 0.3) is 0 Å². The summed E-state index contributed by atoms with van der Waals surface area (Å²) in [5.74, 6) is 0. The molecule has 0 atom stereocenters. The Hall–Kier alpha value is -1.79. The zero-order valence-electron chi connectivity index (χ0n) is 10.8. The lowest BCUT2D eigenvalue weighted by Gasteiger charge is -2.12. The zero-order valence-corrected chi connectivity index (χ0v) is 11.6. The Labute approximate surface area is 112 Å². The van der Waals surface area contributed by atoms with E-state index in [2.05, 4.69) is 4.72 Å². The standard InChI is InChI=1S/C13H16N2O3S/c1-9-5-12(14)6-10(2)13(9)19(16,17)15-7-11-3-4-18-8-11/h3-6,8,15H,7,14H2,1-2H3. The van der Waals surface area contributed by atoms with Crippen LogP contribution in [0.4, 0.5) is 5.69 Å². The summed E-state index contributed by atoms with van der Waals surface area (Å²) >= 11 is 0. The molecule has 0 amide bonds. The molecule has 0 fully saturated rings. The fourth-order valence-corrected chi connectivity index (χ4v) is 3.52. The average molecular weight is 280 g/mol. The maximum absolute atomic E-state index is 12.3. The van der Waals surface area contributed by atoms with Crippen LogP contribution in [0.15, 0.2) is 40.0 Å². The SMILES string of the molecule is Cc1cc(N)cc(C)c1S(=O)(=O)NCc1ccoc1. The van der Waals surface area contributed by atoms with Gasteiger partial charge in [0.15, 0.2) is 0 Å². The highest BCUT2D eigenvalue weighted by Gasteiger charge is 2.19. The van der Waals surface area contributed by atoms with Crippen molar-refractivity contribution < 1.29 is 12.8 Å². The quantitative estimate of drug-likeness (QED) is 0.838. The van der Waals surface area contributed by atoms with Crippen molar-refractivity contribution in [1.82, 2.24) is 4.72 Å². The molecule has 0 unspecified atom stereocenters. The average Bonchev–Trinajstić information content (AvgIpc) is 2.77. The van der Waals surface area contributed by atoms with Crippen molar-refractivity contribution in [3.05, 3.63) is 47.4 Å². The lowest BCUT2D eigenvalue weighted by atomic mass is 10.1. The summed E-state index contributed by atoms with van der Waals surface area (Å²) in [5, 5.41) is 0. The van der Waals surface area contributed by atoms with Gasteiger partial charge in [0.25, 0.3) is 0 Å².